The van der Waals surface area contributed by atoms with E-state index in [0.29, 0.717) is 18.8 Å². The first kappa shape index (κ1) is 16.8. The van der Waals surface area contributed by atoms with Crippen LogP contribution in [-0.4, -0.2) is 31.4 Å². The second kappa shape index (κ2) is 6.98. The van der Waals surface area contributed by atoms with E-state index in [9.17, 15) is 4.79 Å². The van der Waals surface area contributed by atoms with Gasteiger partial charge in [-0.1, -0.05) is 18.2 Å². The van der Waals surface area contributed by atoms with Crippen LogP contribution in [0.2, 0.25) is 0 Å². The molecule has 4 aromatic rings. The Morgan fingerprint density at radius 3 is 2.79 bits per heavy atom. The molecule has 0 bridgehead atoms. The van der Waals surface area contributed by atoms with Gasteiger partial charge in [-0.05, 0) is 36.2 Å². The number of H-pyrrole nitrogens is 1. The van der Waals surface area contributed by atoms with Crippen molar-refractivity contribution in [2.24, 2.45) is 0 Å². The standard InChI is InChI=1S/C22H19N5O/c28-22-18-8-12-27(13-16-7-11-24-19-4-2-1-3-17(16)19)14-20(18)25-21(26-22)15-5-9-23-10-6-15/h1-7,9-11H,8,12-14H2,(H,25,26,28). The van der Waals surface area contributed by atoms with Gasteiger partial charge in [-0.2, -0.15) is 0 Å². The molecular weight excluding hydrogens is 350 g/mol. The third-order valence-electron chi connectivity index (χ3n) is 5.24. The van der Waals surface area contributed by atoms with E-state index in [4.69, 9.17) is 4.98 Å². The van der Waals surface area contributed by atoms with Crippen LogP contribution in [0.25, 0.3) is 22.3 Å². The molecule has 0 unspecified atom stereocenters. The molecular formula is C22H19N5O. The van der Waals surface area contributed by atoms with E-state index >= 15 is 0 Å². The fourth-order valence-corrected chi connectivity index (χ4v) is 3.81. The molecule has 0 radical (unpaired) electrons. The quantitative estimate of drug-likeness (QED) is 0.601. The van der Waals surface area contributed by atoms with Gasteiger partial charge in [-0.15, -0.1) is 0 Å². The van der Waals surface area contributed by atoms with Crippen molar-refractivity contribution >= 4 is 10.9 Å². The lowest BCUT2D eigenvalue weighted by Gasteiger charge is -2.28. The largest absolute Gasteiger partial charge is 0.306 e. The molecule has 3 aromatic heterocycles. The third-order valence-corrected chi connectivity index (χ3v) is 5.24. The van der Waals surface area contributed by atoms with Gasteiger partial charge in [0.1, 0.15) is 5.82 Å². The number of nitrogens with one attached hydrogen (secondary N) is 1. The first-order chi connectivity index (χ1) is 13.8. The summed E-state index contributed by atoms with van der Waals surface area (Å²) in [6.45, 7) is 2.30. The van der Waals surface area contributed by atoms with E-state index < -0.39 is 0 Å². The van der Waals surface area contributed by atoms with Gasteiger partial charge >= 0.3 is 0 Å². The van der Waals surface area contributed by atoms with Crippen molar-refractivity contribution in [2.75, 3.05) is 6.54 Å². The van der Waals surface area contributed by atoms with Gasteiger partial charge in [-0.3, -0.25) is 19.7 Å². The lowest BCUT2D eigenvalue weighted by Crippen LogP contribution is -2.35. The Morgan fingerprint density at radius 1 is 1.04 bits per heavy atom. The molecule has 6 nitrogen and oxygen atoms in total. The SMILES string of the molecule is O=c1[nH]c(-c2ccncc2)nc2c1CCN(Cc1ccnc3ccccc13)C2. The van der Waals surface area contributed by atoms with E-state index in [0.717, 1.165) is 35.4 Å². The van der Waals surface area contributed by atoms with Crippen LogP contribution < -0.4 is 5.56 Å². The zero-order chi connectivity index (χ0) is 18.9. The topological polar surface area (TPSA) is 74.8 Å². The molecule has 28 heavy (non-hydrogen) atoms. The van der Waals surface area contributed by atoms with Crippen molar-refractivity contribution in [1.29, 1.82) is 0 Å². The maximum absolute atomic E-state index is 12.6. The number of aromatic nitrogens is 4. The molecule has 1 aliphatic heterocycles. The van der Waals surface area contributed by atoms with Crippen LogP contribution in [0.1, 0.15) is 16.8 Å². The molecule has 0 saturated heterocycles. The van der Waals surface area contributed by atoms with Crippen LogP contribution in [0.15, 0.2) is 65.8 Å². The summed E-state index contributed by atoms with van der Waals surface area (Å²) in [6.07, 6.45) is 5.97. The monoisotopic (exact) mass is 369 g/mol. The predicted molar refractivity (Wildman–Crippen MR) is 108 cm³/mol. The van der Waals surface area contributed by atoms with Gasteiger partial charge in [0, 0.05) is 54.7 Å². The number of hydrogen-bond acceptors (Lipinski definition) is 5. The van der Waals surface area contributed by atoms with E-state index in [1.807, 2.05) is 36.5 Å². The maximum atomic E-state index is 12.6. The summed E-state index contributed by atoms with van der Waals surface area (Å²) in [5.74, 6) is 0.599. The highest BCUT2D eigenvalue weighted by Crippen LogP contribution is 2.22. The van der Waals surface area contributed by atoms with Crippen LogP contribution in [0.5, 0.6) is 0 Å². The number of fused-ring (bicyclic) bond motifs is 2. The number of para-hydroxylation sites is 1. The lowest BCUT2D eigenvalue weighted by molar-refractivity contribution is 0.241. The number of benzene rings is 1. The Kier molecular flexibility index (Phi) is 4.18. The Balaban J connectivity index is 1.46. The molecule has 5 rings (SSSR count). The minimum absolute atomic E-state index is 0.0363. The molecule has 0 fully saturated rings. The highest BCUT2D eigenvalue weighted by Gasteiger charge is 2.22. The van der Waals surface area contributed by atoms with Gasteiger partial charge < -0.3 is 4.98 Å². The van der Waals surface area contributed by atoms with Gasteiger partial charge in [0.15, 0.2) is 0 Å². The smallest absolute Gasteiger partial charge is 0.254 e. The first-order valence-corrected chi connectivity index (χ1v) is 9.35. The third kappa shape index (κ3) is 3.08. The summed E-state index contributed by atoms with van der Waals surface area (Å²) in [5.41, 5.74) is 4.74. The minimum atomic E-state index is -0.0363. The number of nitrogens with zero attached hydrogens (tertiary/aromatic N) is 4. The summed E-state index contributed by atoms with van der Waals surface area (Å²) < 4.78 is 0. The van der Waals surface area contributed by atoms with Crippen molar-refractivity contribution in [3.8, 4) is 11.4 Å². The van der Waals surface area contributed by atoms with Gasteiger partial charge in [0.2, 0.25) is 0 Å². The molecule has 1 N–H and O–H groups in total. The highest BCUT2D eigenvalue weighted by atomic mass is 16.1. The molecule has 1 aromatic carbocycles. The second-order valence-corrected chi connectivity index (χ2v) is 7.02. The molecule has 0 saturated carbocycles. The summed E-state index contributed by atoms with van der Waals surface area (Å²) >= 11 is 0. The van der Waals surface area contributed by atoms with Gasteiger partial charge in [0.05, 0.1) is 11.2 Å². The average molecular weight is 369 g/mol. The Bertz CT molecular complexity index is 1200. The fourth-order valence-electron chi connectivity index (χ4n) is 3.81. The number of hydrogen-bond donors (Lipinski definition) is 1. The Hall–Kier alpha value is -3.38. The number of rotatable bonds is 3. The van der Waals surface area contributed by atoms with Crippen molar-refractivity contribution in [3.05, 3.63) is 88.2 Å². The molecule has 6 heteroatoms. The van der Waals surface area contributed by atoms with Crippen molar-refractivity contribution in [1.82, 2.24) is 24.8 Å². The summed E-state index contributed by atoms with van der Waals surface area (Å²) in [6, 6.07) is 14.0. The van der Waals surface area contributed by atoms with E-state index in [1.54, 1.807) is 12.4 Å². The molecule has 0 spiro atoms. The number of aromatic amines is 1. The van der Waals surface area contributed by atoms with E-state index in [2.05, 4.69) is 32.0 Å². The summed E-state index contributed by atoms with van der Waals surface area (Å²) in [4.78, 5) is 31.1. The van der Waals surface area contributed by atoms with Crippen molar-refractivity contribution < 1.29 is 0 Å². The number of pyridine rings is 2. The molecule has 0 amide bonds. The molecule has 1 aliphatic rings. The second-order valence-electron chi connectivity index (χ2n) is 7.02. The average Bonchev–Trinajstić information content (AvgIpc) is 2.74. The van der Waals surface area contributed by atoms with Gasteiger partial charge in [0.25, 0.3) is 5.56 Å². The van der Waals surface area contributed by atoms with Crippen LogP contribution in [0.3, 0.4) is 0 Å². The van der Waals surface area contributed by atoms with Crippen LogP contribution in [-0.2, 0) is 19.5 Å². The molecule has 0 atom stereocenters. The van der Waals surface area contributed by atoms with E-state index in [1.165, 1.54) is 10.9 Å². The van der Waals surface area contributed by atoms with Crippen molar-refractivity contribution in [2.45, 2.75) is 19.5 Å². The first-order valence-electron chi connectivity index (χ1n) is 9.35. The zero-order valence-corrected chi connectivity index (χ0v) is 15.3. The highest BCUT2D eigenvalue weighted by molar-refractivity contribution is 5.81. The van der Waals surface area contributed by atoms with E-state index in [-0.39, 0.29) is 5.56 Å². The van der Waals surface area contributed by atoms with Gasteiger partial charge in [-0.25, -0.2) is 4.98 Å². The minimum Gasteiger partial charge on any atom is -0.306 e. The summed E-state index contributed by atoms with van der Waals surface area (Å²) in [7, 11) is 0. The van der Waals surface area contributed by atoms with Crippen LogP contribution in [0, 0.1) is 0 Å². The normalized spacial score (nSPS) is 14.1. The maximum Gasteiger partial charge on any atom is 0.254 e. The van der Waals surface area contributed by atoms with Crippen molar-refractivity contribution in [3.63, 3.8) is 0 Å². The predicted octanol–water partition coefficient (Wildman–Crippen LogP) is 2.94. The molecule has 138 valence electrons. The Labute approximate surface area is 161 Å². The van der Waals surface area contributed by atoms with Crippen LogP contribution in [0.4, 0.5) is 0 Å². The zero-order valence-electron chi connectivity index (χ0n) is 15.3. The fraction of sp³-hybridized carbons (Fsp3) is 0.182. The Morgan fingerprint density at radius 2 is 1.89 bits per heavy atom. The molecule has 4 heterocycles. The lowest BCUT2D eigenvalue weighted by atomic mass is 10.0. The van der Waals surface area contributed by atoms with Crippen LogP contribution >= 0.6 is 0 Å². The summed E-state index contributed by atoms with van der Waals surface area (Å²) in [5, 5.41) is 1.17. The molecule has 0 aliphatic carbocycles.